The molecule has 0 saturated carbocycles. The van der Waals surface area contributed by atoms with Gasteiger partial charge in [0.05, 0.1) is 17.3 Å². The lowest BCUT2D eigenvalue weighted by molar-refractivity contribution is 0.0682. The van der Waals surface area contributed by atoms with E-state index in [1.54, 1.807) is 72.8 Å². The van der Waals surface area contributed by atoms with E-state index in [2.05, 4.69) is 30.7 Å². The van der Waals surface area contributed by atoms with Gasteiger partial charge < -0.3 is 14.5 Å². The number of hydrogen-bond donors (Lipinski definition) is 2. The van der Waals surface area contributed by atoms with E-state index < -0.39 is 11.9 Å². The number of ether oxygens (including phenoxy) is 2. The molecule has 0 atom stereocenters. The molecule has 6 aromatic rings. The van der Waals surface area contributed by atoms with E-state index in [0.717, 1.165) is 10.9 Å². The van der Waals surface area contributed by atoms with Gasteiger partial charge in [0.25, 0.3) is 5.95 Å². The van der Waals surface area contributed by atoms with Crippen LogP contribution < -0.4 is 14.9 Å². The number of nitrogens with one attached hydrogen (secondary N) is 2. The molecule has 0 aliphatic rings. The quantitative estimate of drug-likeness (QED) is 0.122. The normalized spacial score (nSPS) is 11.1. The molecule has 0 unspecified atom stereocenters. The van der Waals surface area contributed by atoms with Crippen LogP contribution in [-0.4, -0.2) is 38.3 Å². The number of hydrogen-bond acceptors (Lipinski definition) is 9. The van der Waals surface area contributed by atoms with Gasteiger partial charge in [-0.15, -0.1) is 10.2 Å². The maximum atomic E-state index is 12.8. The number of hydrazone groups is 1. The SMILES string of the molecule is O=C(Oc1ccc(/C=N\Nc2nnc3c(n2)[nH]c2ccccc23)cc1OC(=O)c1ccccc1)c1ccccc1. The average Bonchev–Trinajstić information content (AvgIpc) is 3.37. The Bertz CT molecular complexity index is 1870. The van der Waals surface area contributed by atoms with Crippen LogP contribution >= 0.6 is 0 Å². The molecule has 0 spiro atoms. The second-order valence-electron chi connectivity index (χ2n) is 8.59. The monoisotopic (exact) mass is 528 g/mol. The molecule has 194 valence electrons. The number of H-pyrrole nitrogens is 1. The van der Waals surface area contributed by atoms with Crippen LogP contribution in [0.4, 0.5) is 5.95 Å². The van der Waals surface area contributed by atoms with Crippen molar-refractivity contribution in [2.45, 2.75) is 0 Å². The van der Waals surface area contributed by atoms with Crippen LogP contribution in [0.2, 0.25) is 0 Å². The van der Waals surface area contributed by atoms with Crippen LogP contribution in [0.3, 0.4) is 0 Å². The summed E-state index contributed by atoms with van der Waals surface area (Å²) in [5.41, 5.74) is 6.17. The first-order valence-electron chi connectivity index (χ1n) is 12.2. The zero-order chi connectivity index (χ0) is 27.3. The summed E-state index contributed by atoms with van der Waals surface area (Å²) < 4.78 is 11.2. The standard InChI is InChI=1S/C30H20N6O4/c37-28(20-9-3-1-4-10-20)39-24-16-15-19(17-25(24)40-29(38)21-11-5-2-6-12-21)18-31-35-30-33-27-26(34-36-30)22-13-7-8-14-23(22)32-27/h1-18H,(H2,32,33,35,36)/b31-18-. The molecule has 0 saturated heterocycles. The Hall–Kier alpha value is -5.90. The minimum absolute atomic E-state index is 0.0551. The highest BCUT2D eigenvalue weighted by Gasteiger charge is 2.17. The molecule has 40 heavy (non-hydrogen) atoms. The van der Waals surface area contributed by atoms with E-state index in [1.807, 2.05) is 24.3 Å². The Balaban J connectivity index is 1.24. The molecular formula is C30H20N6O4. The summed E-state index contributed by atoms with van der Waals surface area (Å²) in [4.78, 5) is 33.1. The smallest absolute Gasteiger partial charge is 0.343 e. The Labute approximate surface area is 227 Å². The second-order valence-corrected chi connectivity index (χ2v) is 8.59. The third-order valence-corrected chi connectivity index (χ3v) is 5.89. The lowest BCUT2D eigenvalue weighted by Crippen LogP contribution is -2.13. The van der Waals surface area contributed by atoms with Crippen molar-refractivity contribution in [1.82, 2.24) is 20.2 Å². The van der Waals surface area contributed by atoms with Crippen LogP contribution in [0, 0.1) is 0 Å². The van der Waals surface area contributed by atoms with Crippen molar-refractivity contribution in [3.8, 4) is 11.5 Å². The summed E-state index contributed by atoms with van der Waals surface area (Å²) >= 11 is 0. The fraction of sp³-hybridized carbons (Fsp3) is 0. The zero-order valence-corrected chi connectivity index (χ0v) is 20.8. The van der Waals surface area contributed by atoms with Gasteiger partial charge in [-0.25, -0.2) is 15.0 Å². The summed E-state index contributed by atoms with van der Waals surface area (Å²) in [7, 11) is 0. The van der Waals surface area contributed by atoms with Gasteiger partial charge in [-0.3, -0.25) is 0 Å². The van der Waals surface area contributed by atoms with Crippen LogP contribution in [0.1, 0.15) is 26.3 Å². The molecule has 0 amide bonds. The van der Waals surface area contributed by atoms with Gasteiger partial charge in [-0.1, -0.05) is 54.6 Å². The molecule has 0 fully saturated rings. The molecule has 2 aromatic heterocycles. The first-order chi connectivity index (χ1) is 19.6. The number of aromatic amines is 1. The molecule has 0 bridgehead atoms. The molecule has 10 nitrogen and oxygen atoms in total. The van der Waals surface area contributed by atoms with Gasteiger partial charge in [0.15, 0.2) is 17.1 Å². The Morgan fingerprint density at radius 2 is 1.40 bits per heavy atom. The zero-order valence-electron chi connectivity index (χ0n) is 20.8. The molecule has 0 aliphatic carbocycles. The topological polar surface area (TPSA) is 131 Å². The molecule has 0 aliphatic heterocycles. The number of carbonyl (C=O) groups is 2. The van der Waals surface area contributed by atoms with Crippen LogP contribution in [-0.2, 0) is 0 Å². The number of carbonyl (C=O) groups excluding carboxylic acids is 2. The predicted octanol–water partition coefficient (Wildman–Crippen LogP) is 5.39. The molecule has 2 heterocycles. The molecule has 6 rings (SSSR count). The third kappa shape index (κ3) is 5.22. The lowest BCUT2D eigenvalue weighted by Gasteiger charge is -2.11. The van der Waals surface area contributed by atoms with Crippen molar-refractivity contribution < 1.29 is 19.1 Å². The van der Waals surface area contributed by atoms with Crippen LogP contribution in [0.5, 0.6) is 11.5 Å². The maximum Gasteiger partial charge on any atom is 0.343 e. The molecule has 4 aromatic carbocycles. The second kappa shape index (κ2) is 10.8. The van der Waals surface area contributed by atoms with Crippen molar-refractivity contribution in [2.75, 3.05) is 5.43 Å². The maximum absolute atomic E-state index is 12.8. The van der Waals surface area contributed by atoms with E-state index in [-0.39, 0.29) is 17.4 Å². The minimum atomic E-state index is -0.601. The first kappa shape index (κ1) is 24.4. The van der Waals surface area contributed by atoms with Gasteiger partial charge in [-0.05, 0) is 54.1 Å². The van der Waals surface area contributed by atoms with Crippen molar-refractivity contribution >= 4 is 46.2 Å². The summed E-state index contributed by atoms with van der Waals surface area (Å²) in [6.07, 6.45) is 1.49. The Morgan fingerprint density at radius 1 is 0.750 bits per heavy atom. The number of aromatic nitrogens is 4. The highest BCUT2D eigenvalue weighted by molar-refractivity contribution is 6.03. The van der Waals surface area contributed by atoms with Gasteiger partial charge in [0.1, 0.15) is 5.52 Å². The minimum Gasteiger partial charge on any atom is -0.419 e. The number of rotatable bonds is 7. The number of anilines is 1. The fourth-order valence-electron chi connectivity index (χ4n) is 3.97. The van der Waals surface area contributed by atoms with Crippen molar-refractivity contribution in [2.24, 2.45) is 5.10 Å². The van der Waals surface area contributed by atoms with Gasteiger partial charge in [-0.2, -0.15) is 10.1 Å². The third-order valence-electron chi connectivity index (χ3n) is 5.89. The lowest BCUT2D eigenvalue weighted by atomic mass is 10.2. The molecule has 0 radical (unpaired) electrons. The summed E-state index contributed by atoms with van der Waals surface area (Å²) in [5.74, 6) is -0.854. The Kier molecular flexibility index (Phi) is 6.62. The van der Waals surface area contributed by atoms with E-state index in [1.165, 1.54) is 12.3 Å². The van der Waals surface area contributed by atoms with Gasteiger partial charge in [0.2, 0.25) is 0 Å². The van der Waals surface area contributed by atoms with Gasteiger partial charge in [0, 0.05) is 10.9 Å². The first-order valence-corrected chi connectivity index (χ1v) is 12.2. The highest BCUT2D eigenvalue weighted by atomic mass is 16.6. The summed E-state index contributed by atoms with van der Waals surface area (Å²) in [5, 5.41) is 13.5. The van der Waals surface area contributed by atoms with Crippen molar-refractivity contribution in [3.63, 3.8) is 0 Å². The van der Waals surface area contributed by atoms with Crippen molar-refractivity contribution in [3.05, 3.63) is 120 Å². The predicted molar refractivity (Wildman–Crippen MR) is 150 cm³/mol. The summed E-state index contributed by atoms with van der Waals surface area (Å²) in [6.45, 7) is 0. The average molecular weight is 529 g/mol. The van der Waals surface area contributed by atoms with Gasteiger partial charge >= 0.3 is 11.9 Å². The fourth-order valence-corrected chi connectivity index (χ4v) is 3.97. The number of esters is 2. The molecule has 2 N–H and O–H groups in total. The molecular weight excluding hydrogens is 508 g/mol. The van der Waals surface area contributed by atoms with E-state index in [9.17, 15) is 9.59 Å². The van der Waals surface area contributed by atoms with E-state index in [0.29, 0.717) is 27.9 Å². The number of para-hydroxylation sites is 1. The number of benzene rings is 4. The number of fused-ring (bicyclic) bond motifs is 3. The number of nitrogens with zero attached hydrogens (tertiary/aromatic N) is 4. The largest absolute Gasteiger partial charge is 0.419 e. The summed E-state index contributed by atoms with van der Waals surface area (Å²) in [6, 6.07) is 29.5. The highest BCUT2D eigenvalue weighted by Crippen LogP contribution is 2.30. The van der Waals surface area contributed by atoms with Crippen molar-refractivity contribution in [1.29, 1.82) is 0 Å². The van der Waals surface area contributed by atoms with Crippen LogP contribution in [0.15, 0.2) is 108 Å². The van der Waals surface area contributed by atoms with E-state index in [4.69, 9.17) is 9.47 Å². The Morgan fingerprint density at radius 3 is 2.12 bits per heavy atom. The molecule has 10 heteroatoms. The van der Waals surface area contributed by atoms with E-state index >= 15 is 0 Å². The van der Waals surface area contributed by atoms with Crippen LogP contribution in [0.25, 0.3) is 22.1 Å².